The van der Waals surface area contributed by atoms with Gasteiger partial charge < -0.3 is 14.2 Å². The summed E-state index contributed by atoms with van der Waals surface area (Å²) in [6, 6.07) is 0. The SMILES string of the molecule is CCC(C)C.C\C=C(/N=C(C)/C(=C\C)/C=C(\C)C1(C(F)(F)F)CC1)C(=O)COCC(CC(C)C)C(C)COC(C)(C)C(CC)C(=O)OC(C)(C)C. The van der Waals surface area contributed by atoms with Crippen molar-refractivity contribution in [1.82, 2.24) is 0 Å². The molecular weight excluding hydrogens is 655 g/mol. The molecule has 6 nitrogen and oxygen atoms in total. The molecule has 1 rings (SSSR count). The van der Waals surface area contributed by atoms with Crippen molar-refractivity contribution in [3.05, 3.63) is 35.1 Å². The lowest BCUT2D eigenvalue weighted by atomic mass is 9.86. The van der Waals surface area contributed by atoms with E-state index in [0.717, 1.165) is 12.3 Å². The van der Waals surface area contributed by atoms with Crippen molar-refractivity contribution in [1.29, 1.82) is 0 Å². The zero-order chi connectivity index (χ0) is 40.0. The van der Waals surface area contributed by atoms with E-state index >= 15 is 0 Å². The van der Waals surface area contributed by atoms with Crippen LogP contribution in [0, 0.1) is 35.0 Å². The first-order valence-corrected chi connectivity index (χ1v) is 18.9. The number of halogens is 3. The van der Waals surface area contributed by atoms with Gasteiger partial charge in [0.1, 0.15) is 17.9 Å². The van der Waals surface area contributed by atoms with Gasteiger partial charge in [0.15, 0.2) is 0 Å². The van der Waals surface area contributed by atoms with Crippen LogP contribution in [0.25, 0.3) is 0 Å². The van der Waals surface area contributed by atoms with E-state index in [1.165, 1.54) is 19.4 Å². The van der Waals surface area contributed by atoms with Crippen LogP contribution in [0.1, 0.15) is 143 Å². The second-order valence-electron chi connectivity index (χ2n) is 16.5. The molecule has 0 amide bonds. The van der Waals surface area contributed by atoms with Crippen molar-refractivity contribution in [2.45, 2.75) is 160 Å². The highest BCUT2D eigenvalue weighted by atomic mass is 19.4. The average molecular weight is 728 g/mol. The minimum absolute atomic E-state index is 0.0908. The van der Waals surface area contributed by atoms with Crippen LogP contribution in [0.4, 0.5) is 13.2 Å². The standard InChI is InChI=1S/C37H60F3NO5.C5H12/c1-14-28(20-26(7)36(17-18-36)37(38,39)40)27(8)41-31(16-3)32(42)23-44-22-29(19-24(4)5)25(6)21-45-35(12,13)30(15-2)33(43)46-34(9,10)11;1-4-5(2)3/h14,16,20,24-25,29-30H,15,17-19,21-23H2,1-13H3;5H,4H2,1-3H3/b26-20+,28-14-,31-16-,41-27+;. The summed E-state index contributed by atoms with van der Waals surface area (Å²) in [5.41, 5.74) is -1.60. The van der Waals surface area contributed by atoms with Crippen molar-refractivity contribution in [3.8, 4) is 0 Å². The van der Waals surface area contributed by atoms with Crippen molar-refractivity contribution < 1.29 is 37.0 Å². The predicted octanol–water partition coefficient (Wildman–Crippen LogP) is 11.7. The van der Waals surface area contributed by atoms with Gasteiger partial charge in [-0.05, 0) is 117 Å². The maximum atomic E-state index is 13.6. The molecule has 0 spiro atoms. The van der Waals surface area contributed by atoms with E-state index in [1.54, 1.807) is 32.9 Å². The van der Waals surface area contributed by atoms with Gasteiger partial charge in [0.05, 0.1) is 30.1 Å². The van der Waals surface area contributed by atoms with Crippen LogP contribution in [0.3, 0.4) is 0 Å². The normalized spacial score (nSPS) is 17.9. The Bertz CT molecular complexity index is 1210. The summed E-state index contributed by atoms with van der Waals surface area (Å²) in [6.07, 6.45) is 3.49. The van der Waals surface area contributed by atoms with Gasteiger partial charge >= 0.3 is 12.1 Å². The number of alkyl halides is 3. The summed E-state index contributed by atoms with van der Waals surface area (Å²) in [5.74, 6) is 0.488. The fraction of sp³-hybridized carbons (Fsp3) is 0.786. The zero-order valence-electron chi connectivity index (χ0n) is 34.9. The fourth-order valence-corrected chi connectivity index (χ4v) is 5.67. The van der Waals surface area contributed by atoms with E-state index in [0.29, 0.717) is 36.8 Å². The number of carbonyl (C=O) groups is 2. The lowest BCUT2D eigenvalue weighted by Gasteiger charge is -2.36. The number of Topliss-reactive ketones (excluding diaryl/α,β-unsaturated/α-hetero) is 1. The Morgan fingerprint density at radius 2 is 1.41 bits per heavy atom. The quantitative estimate of drug-likeness (QED) is 0.0573. The Labute approximate surface area is 309 Å². The number of allylic oxidation sites excluding steroid dienone is 5. The van der Waals surface area contributed by atoms with Crippen molar-refractivity contribution in [3.63, 3.8) is 0 Å². The molecule has 0 heterocycles. The number of carbonyl (C=O) groups excluding carboxylic acids is 2. The van der Waals surface area contributed by atoms with Gasteiger partial charge in [-0.25, -0.2) is 4.99 Å². The van der Waals surface area contributed by atoms with E-state index in [2.05, 4.69) is 46.5 Å². The molecule has 3 atom stereocenters. The highest BCUT2D eigenvalue weighted by Crippen LogP contribution is 2.62. The van der Waals surface area contributed by atoms with E-state index in [4.69, 9.17) is 14.2 Å². The highest BCUT2D eigenvalue weighted by Gasteiger charge is 2.64. The summed E-state index contributed by atoms with van der Waals surface area (Å²) in [7, 11) is 0. The third-order valence-corrected chi connectivity index (χ3v) is 9.61. The fourth-order valence-electron chi connectivity index (χ4n) is 5.67. The molecule has 1 aliphatic carbocycles. The second kappa shape index (κ2) is 21.4. The number of hydrogen-bond donors (Lipinski definition) is 0. The third-order valence-electron chi connectivity index (χ3n) is 9.61. The van der Waals surface area contributed by atoms with Gasteiger partial charge in [0.2, 0.25) is 5.78 Å². The molecule has 0 saturated heterocycles. The van der Waals surface area contributed by atoms with Crippen LogP contribution in [-0.4, -0.2) is 54.7 Å². The van der Waals surface area contributed by atoms with Crippen molar-refractivity contribution in [2.24, 2.45) is 40.0 Å². The summed E-state index contributed by atoms with van der Waals surface area (Å²) in [6.45, 7) is 31.6. The summed E-state index contributed by atoms with van der Waals surface area (Å²) in [5, 5.41) is 0. The number of esters is 1. The first-order valence-electron chi connectivity index (χ1n) is 18.9. The molecule has 51 heavy (non-hydrogen) atoms. The van der Waals surface area contributed by atoms with Crippen LogP contribution >= 0.6 is 0 Å². The zero-order valence-corrected chi connectivity index (χ0v) is 34.9. The molecule has 3 unspecified atom stereocenters. The van der Waals surface area contributed by atoms with Gasteiger partial charge in [-0.2, -0.15) is 13.2 Å². The molecule has 0 aromatic heterocycles. The minimum atomic E-state index is -4.29. The number of hydrogen-bond acceptors (Lipinski definition) is 6. The maximum absolute atomic E-state index is 13.6. The number of ketones is 1. The largest absolute Gasteiger partial charge is 0.460 e. The molecule has 0 N–H and O–H groups in total. The van der Waals surface area contributed by atoms with Crippen LogP contribution in [-0.2, 0) is 23.8 Å². The summed E-state index contributed by atoms with van der Waals surface area (Å²) in [4.78, 5) is 30.4. The maximum Gasteiger partial charge on any atom is 0.398 e. The molecule has 0 aromatic carbocycles. The molecule has 0 bridgehead atoms. The lowest BCUT2D eigenvalue weighted by Crippen LogP contribution is -2.43. The Morgan fingerprint density at radius 1 is 0.863 bits per heavy atom. The molecule has 1 fully saturated rings. The van der Waals surface area contributed by atoms with Gasteiger partial charge in [-0.15, -0.1) is 0 Å². The molecular formula is C42H72F3NO5. The Balaban J connectivity index is 0.00000464. The molecule has 0 aromatic rings. The molecule has 296 valence electrons. The van der Waals surface area contributed by atoms with E-state index < -0.39 is 28.7 Å². The summed E-state index contributed by atoms with van der Waals surface area (Å²) >= 11 is 0. The average Bonchev–Trinajstić information content (AvgIpc) is 3.83. The number of aliphatic imine (C=N–C) groups is 1. The van der Waals surface area contributed by atoms with Gasteiger partial charge in [0.25, 0.3) is 0 Å². The highest BCUT2D eigenvalue weighted by molar-refractivity contribution is 6.05. The van der Waals surface area contributed by atoms with Crippen LogP contribution in [0.2, 0.25) is 0 Å². The summed E-state index contributed by atoms with van der Waals surface area (Å²) < 4.78 is 58.7. The van der Waals surface area contributed by atoms with Crippen LogP contribution in [0.15, 0.2) is 40.1 Å². The van der Waals surface area contributed by atoms with Crippen molar-refractivity contribution >= 4 is 17.5 Å². The smallest absolute Gasteiger partial charge is 0.398 e. The first-order chi connectivity index (χ1) is 23.3. The number of nitrogens with zero attached hydrogens (tertiary/aromatic N) is 1. The van der Waals surface area contributed by atoms with E-state index in [-0.39, 0.29) is 54.3 Å². The first kappa shape index (κ1) is 48.7. The van der Waals surface area contributed by atoms with Gasteiger partial charge in [0, 0.05) is 5.71 Å². The van der Waals surface area contributed by atoms with E-state index in [9.17, 15) is 22.8 Å². The minimum Gasteiger partial charge on any atom is -0.460 e. The topological polar surface area (TPSA) is 74.2 Å². The number of ether oxygens (including phenoxy) is 3. The van der Waals surface area contributed by atoms with Crippen molar-refractivity contribution in [2.75, 3.05) is 19.8 Å². The Hall–Kier alpha value is -2.26. The van der Waals surface area contributed by atoms with Gasteiger partial charge in [-0.1, -0.05) is 78.7 Å². The van der Waals surface area contributed by atoms with Gasteiger partial charge in [-0.3, -0.25) is 9.59 Å². The third kappa shape index (κ3) is 17.0. The second-order valence-corrected chi connectivity index (χ2v) is 16.5. The molecule has 1 saturated carbocycles. The number of rotatable bonds is 19. The van der Waals surface area contributed by atoms with Crippen LogP contribution < -0.4 is 0 Å². The lowest BCUT2D eigenvalue weighted by molar-refractivity contribution is -0.175. The predicted molar refractivity (Wildman–Crippen MR) is 205 cm³/mol. The van der Waals surface area contributed by atoms with E-state index in [1.807, 2.05) is 41.5 Å². The molecule has 1 aliphatic rings. The Kier molecular flexibility index (Phi) is 20.5. The monoisotopic (exact) mass is 728 g/mol. The molecule has 0 aliphatic heterocycles. The molecule has 0 radical (unpaired) electrons. The van der Waals surface area contributed by atoms with Crippen LogP contribution in [0.5, 0.6) is 0 Å². The Morgan fingerprint density at radius 3 is 1.80 bits per heavy atom. The molecule has 9 heteroatoms.